The minimum absolute atomic E-state index is 0.206. The number of rotatable bonds is 7. The summed E-state index contributed by atoms with van der Waals surface area (Å²) in [5.41, 5.74) is 0.548. The molecule has 1 N–H and O–H groups in total. The lowest BCUT2D eigenvalue weighted by atomic mass is 10.1. The molecule has 116 valence electrons. The average molecular weight is 317 g/mol. The van der Waals surface area contributed by atoms with Crippen molar-refractivity contribution in [2.24, 2.45) is 5.92 Å². The number of aromatic nitrogens is 2. The Bertz CT molecular complexity index is 635. The molecule has 1 heterocycles. The molecule has 2 aromatic rings. The fraction of sp³-hybridized carbons (Fsp3) is 0.312. The Kier molecular flexibility index (Phi) is 5.66. The van der Waals surface area contributed by atoms with Gasteiger partial charge in [0, 0.05) is 12.0 Å². The van der Waals surface area contributed by atoms with Crippen molar-refractivity contribution in [3.05, 3.63) is 47.5 Å². The second-order valence-corrected chi connectivity index (χ2v) is 6.24. The van der Waals surface area contributed by atoms with Gasteiger partial charge in [-0.25, -0.2) is 0 Å². The van der Waals surface area contributed by atoms with Crippen LogP contribution in [0.25, 0.3) is 0 Å². The highest BCUT2D eigenvalue weighted by Gasteiger charge is 2.11. The van der Waals surface area contributed by atoms with Gasteiger partial charge in [-0.3, -0.25) is 10.1 Å². The Morgan fingerprint density at radius 2 is 2.09 bits per heavy atom. The molecule has 0 fully saturated rings. The van der Waals surface area contributed by atoms with Gasteiger partial charge in [0.25, 0.3) is 5.91 Å². The van der Waals surface area contributed by atoms with E-state index in [1.54, 1.807) is 30.3 Å². The Balaban J connectivity index is 1.96. The molecule has 1 aromatic heterocycles. The number of carbonyl (C=O) groups excluding carboxylic acids is 1. The SMILES string of the molecule is C=CCOc1ccc(C(=O)Nc2nnc(CC(C)C)s2)cc1. The van der Waals surface area contributed by atoms with E-state index in [2.05, 4.69) is 35.9 Å². The van der Waals surface area contributed by atoms with Gasteiger partial charge in [-0.05, 0) is 30.2 Å². The number of nitrogens with one attached hydrogen (secondary N) is 1. The molecule has 0 saturated carbocycles. The van der Waals surface area contributed by atoms with Gasteiger partial charge in [-0.1, -0.05) is 37.8 Å². The van der Waals surface area contributed by atoms with E-state index >= 15 is 0 Å². The van der Waals surface area contributed by atoms with Crippen LogP contribution in [0.1, 0.15) is 29.2 Å². The van der Waals surface area contributed by atoms with Gasteiger partial charge in [-0.2, -0.15) is 0 Å². The summed E-state index contributed by atoms with van der Waals surface area (Å²) in [6.07, 6.45) is 2.54. The predicted octanol–water partition coefficient (Wildman–Crippen LogP) is 3.55. The Hall–Kier alpha value is -2.21. The van der Waals surface area contributed by atoms with Gasteiger partial charge in [0.15, 0.2) is 0 Å². The highest BCUT2D eigenvalue weighted by Crippen LogP contribution is 2.19. The van der Waals surface area contributed by atoms with Crippen LogP contribution in [0.2, 0.25) is 0 Å². The van der Waals surface area contributed by atoms with E-state index in [0.717, 1.165) is 11.4 Å². The number of hydrogen-bond donors (Lipinski definition) is 1. The van der Waals surface area contributed by atoms with Crippen LogP contribution < -0.4 is 10.1 Å². The summed E-state index contributed by atoms with van der Waals surface area (Å²) in [7, 11) is 0. The predicted molar refractivity (Wildman–Crippen MR) is 88.5 cm³/mol. The molecule has 5 nitrogen and oxygen atoms in total. The number of carbonyl (C=O) groups is 1. The number of ether oxygens (including phenoxy) is 1. The topological polar surface area (TPSA) is 64.1 Å². The van der Waals surface area contributed by atoms with Crippen LogP contribution >= 0.6 is 11.3 Å². The molecule has 1 aromatic carbocycles. The number of nitrogens with zero attached hydrogens (tertiary/aromatic N) is 2. The second kappa shape index (κ2) is 7.70. The quantitative estimate of drug-likeness (QED) is 0.793. The summed E-state index contributed by atoms with van der Waals surface area (Å²) >= 11 is 1.41. The zero-order valence-corrected chi connectivity index (χ0v) is 13.5. The zero-order valence-electron chi connectivity index (χ0n) is 12.7. The third kappa shape index (κ3) is 4.66. The molecule has 0 spiro atoms. The summed E-state index contributed by atoms with van der Waals surface area (Å²) < 4.78 is 5.38. The molecule has 0 unspecified atom stereocenters. The second-order valence-electron chi connectivity index (χ2n) is 5.18. The van der Waals surface area contributed by atoms with Crippen LogP contribution in [0.5, 0.6) is 5.75 Å². The van der Waals surface area contributed by atoms with Crippen LogP contribution in [0.15, 0.2) is 36.9 Å². The number of amides is 1. The number of hydrogen-bond acceptors (Lipinski definition) is 5. The fourth-order valence-electron chi connectivity index (χ4n) is 1.76. The van der Waals surface area contributed by atoms with Gasteiger partial charge in [0.2, 0.25) is 5.13 Å². The molecule has 0 bridgehead atoms. The molecule has 0 aliphatic carbocycles. The summed E-state index contributed by atoms with van der Waals surface area (Å²) in [5, 5.41) is 12.3. The molecule has 22 heavy (non-hydrogen) atoms. The highest BCUT2D eigenvalue weighted by molar-refractivity contribution is 7.15. The largest absolute Gasteiger partial charge is 0.490 e. The first-order chi connectivity index (χ1) is 10.6. The van der Waals surface area contributed by atoms with Crippen LogP contribution in [-0.2, 0) is 6.42 Å². The molecule has 0 atom stereocenters. The summed E-state index contributed by atoms with van der Waals surface area (Å²) in [6.45, 7) is 8.27. The third-order valence-electron chi connectivity index (χ3n) is 2.75. The lowest BCUT2D eigenvalue weighted by Gasteiger charge is -2.04. The Morgan fingerprint density at radius 1 is 1.36 bits per heavy atom. The van der Waals surface area contributed by atoms with Crippen molar-refractivity contribution in [3.63, 3.8) is 0 Å². The maximum Gasteiger partial charge on any atom is 0.257 e. The summed E-state index contributed by atoms with van der Waals surface area (Å²) in [4.78, 5) is 12.1. The molecule has 0 saturated heterocycles. The van der Waals surface area contributed by atoms with E-state index in [0.29, 0.717) is 29.0 Å². The summed E-state index contributed by atoms with van der Waals surface area (Å²) in [5.74, 6) is 1.01. The van der Waals surface area contributed by atoms with Gasteiger partial charge < -0.3 is 4.74 Å². The molecule has 1 amide bonds. The maximum atomic E-state index is 12.1. The molecule has 6 heteroatoms. The number of anilines is 1. The van der Waals surface area contributed by atoms with E-state index < -0.39 is 0 Å². The molecule has 0 aliphatic heterocycles. The van der Waals surface area contributed by atoms with E-state index in [4.69, 9.17) is 4.74 Å². The van der Waals surface area contributed by atoms with Gasteiger partial charge in [0.1, 0.15) is 17.4 Å². The minimum Gasteiger partial charge on any atom is -0.490 e. The molecular formula is C16H19N3O2S. The number of benzene rings is 1. The monoisotopic (exact) mass is 317 g/mol. The first kappa shape index (κ1) is 16.2. The van der Waals surface area contributed by atoms with Crippen molar-refractivity contribution in [3.8, 4) is 5.75 Å². The minimum atomic E-state index is -0.206. The van der Waals surface area contributed by atoms with Crippen molar-refractivity contribution >= 4 is 22.4 Å². The Labute approximate surface area is 134 Å². The third-order valence-corrected chi connectivity index (χ3v) is 3.62. The standard InChI is InChI=1S/C16H19N3O2S/c1-4-9-21-13-7-5-12(6-8-13)15(20)17-16-19-18-14(22-16)10-11(2)3/h4-8,11H,1,9-10H2,2-3H3,(H,17,19,20). The summed E-state index contributed by atoms with van der Waals surface area (Å²) in [6, 6.07) is 6.93. The first-order valence-electron chi connectivity index (χ1n) is 7.06. The van der Waals surface area contributed by atoms with Crippen LogP contribution in [-0.4, -0.2) is 22.7 Å². The van der Waals surface area contributed by atoms with Crippen molar-refractivity contribution in [2.75, 3.05) is 11.9 Å². The van der Waals surface area contributed by atoms with Crippen molar-refractivity contribution in [1.29, 1.82) is 0 Å². The normalized spacial score (nSPS) is 10.5. The smallest absolute Gasteiger partial charge is 0.257 e. The van der Waals surface area contributed by atoms with Crippen molar-refractivity contribution in [1.82, 2.24) is 10.2 Å². The van der Waals surface area contributed by atoms with Crippen molar-refractivity contribution in [2.45, 2.75) is 20.3 Å². The van der Waals surface area contributed by atoms with Crippen LogP contribution in [0.3, 0.4) is 0 Å². The first-order valence-corrected chi connectivity index (χ1v) is 7.87. The fourth-order valence-corrected chi connectivity index (χ4v) is 2.71. The maximum absolute atomic E-state index is 12.1. The molecular weight excluding hydrogens is 298 g/mol. The molecule has 0 radical (unpaired) electrons. The lowest BCUT2D eigenvalue weighted by Crippen LogP contribution is -2.11. The van der Waals surface area contributed by atoms with E-state index in [1.807, 2.05) is 0 Å². The van der Waals surface area contributed by atoms with E-state index in [1.165, 1.54) is 11.3 Å². The molecule has 2 rings (SSSR count). The van der Waals surface area contributed by atoms with Crippen molar-refractivity contribution < 1.29 is 9.53 Å². The van der Waals surface area contributed by atoms with E-state index in [-0.39, 0.29) is 5.91 Å². The average Bonchev–Trinajstić information content (AvgIpc) is 2.91. The van der Waals surface area contributed by atoms with Crippen LogP contribution in [0.4, 0.5) is 5.13 Å². The highest BCUT2D eigenvalue weighted by atomic mass is 32.1. The van der Waals surface area contributed by atoms with Gasteiger partial charge in [0.05, 0.1) is 0 Å². The van der Waals surface area contributed by atoms with E-state index in [9.17, 15) is 4.79 Å². The molecule has 0 aliphatic rings. The Morgan fingerprint density at radius 3 is 2.73 bits per heavy atom. The van der Waals surface area contributed by atoms with Gasteiger partial charge >= 0.3 is 0 Å². The lowest BCUT2D eigenvalue weighted by molar-refractivity contribution is 0.102. The van der Waals surface area contributed by atoms with Crippen LogP contribution in [0, 0.1) is 5.92 Å². The van der Waals surface area contributed by atoms with Gasteiger partial charge in [-0.15, -0.1) is 10.2 Å². The zero-order chi connectivity index (χ0) is 15.9.